The van der Waals surface area contributed by atoms with E-state index < -0.39 is 0 Å². The lowest BCUT2D eigenvalue weighted by Gasteiger charge is -2.35. The number of carbonyl (C=O) groups excluding carboxylic acids is 1. The smallest absolute Gasteiger partial charge is 0.220 e. The molecule has 2 aromatic carbocycles. The van der Waals surface area contributed by atoms with Crippen molar-refractivity contribution in [3.8, 4) is 5.75 Å². The van der Waals surface area contributed by atoms with Gasteiger partial charge in [0, 0.05) is 32.1 Å². The first-order valence-electron chi connectivity index (χ1n) is 9.84. The van der Waals surface area contributed by atoms with Crippen LogP contribution in [0.4, 0.5) is 8.78 Å². The Kier molecular flexibility index (Phi) is 7.95. The number of nitrogens with zero attached hydrogens (tertiary/aromatic N) is 1. The van der Waals surface area contributed by atoms with Crippen molar-refractivity contribution >= 4 is 5.91 Å². The fourth-order valence-corrected chi connectivity index (χ4v) is 3.34. The second kappa shape index (κ2) is 10.9. The first-order valence-corrected chi connectivity index (χ1v) is 9.84. The van der Waals surface area contributed by atoms with Gasteiger partial charge < -0.3 is 14.8 Å². The Bertz CT molecular complexity index is 797. The van der Waals surface area contributed by atoms with Crippen LogP contribution in [0.1, 0.15) is 24.4 Å². The van der Waals surface area contributed by atoms with Crippen LogP contribution in [-0.2, 0) is 9.53 Å². The van der Waals surface area contributed by atoms with E-state index in [0.717, 1.165) is 18.7 Å². The van der Waals surface area contributed by atoms with E-state index in [1.807, 2.05) is 6.07 Å². The number of rotatable bonds is 9. The Morgan fingerprint density at radius 3 is 2.55 bits per heavy atom. The van der Waals surface area contributed by atoms with E-state index in [1.165, 1.54) is 24.3 Å². The summed E-state index contributed by atoms with van der Waals surface area (Å²) in [5, 5.41) is 2.95. The Balaban J connectivity index is 1.47. The molecule has 0 aromatic heterocycles. The van der Waals surface area contributed by atoms with Crippen molar-refractivity contribution in [1.29, 1.82) is 0 Å². The molecule has 0 aliphatic carbocycles. The second-order valence-electron chi connectivity index (χ2n) is 6.93. The summed E-state index contributed by atoms with van der Waals surface area (Å²) in [4.78, 5) is 14.5. The lowest BCUT2D eigenvalue weighted by molar-refractivity contribution is -0.121. The third kappa shape index (κ3) is 6.80. The number of benzene rings is 2. The quantitative estimate of drug-likeness (QED) is 0.652. The van der Waals surface area contributed by atoms with E-state index in [0.29, 0.717) is 45.0 Å². The summed E-state index contributed by atoms with van der Waals surface area (Å²) < 4.78 is 37.7. The van der Waals surface area contributed by atoms with E-state index in [4.69, 9.17) is 9.47 Å². The predicted octanol–water partition coefficient (Wildman–Crippen LogP) is 3.31. The molecule has 29 heavy (non-hydrogen) atoms. The molecule has 1 atom stereocenters. The molecular weight excluding hydrogens is 378 g/mol. The number of nitrogens with one attached hydrogen (secondary N) is 1. The summed E-state index contributed by atoms with van der Waals surface area (Å²) in [5.74, 6) is -0.292. The normalized spacial score (nSPS) is 15.7. The van der Waals surface area contributed by atoms with E-state index in [-0.39, 0.29) is 23.6 Å². The molecule has 0 bridgehead atoms. The van der Waals surface area contributed by atoms with Gasteiger partial charge in [0.15, 0.2) is 0 Å². The number of hydrogen-bond donors (Lipinski definition) is 1. The van der Waals surface area contributed by atoms with Crippen LogP contribution in [0.15, 0.2) is 48.5 Å². The van der Waals surface area contributed by atoms with Crippen LogP contribution in [0.25, 0.3) is 0 Å². The minimum atomic E-state index is -0.355. The van der Waals surface area contributed by atoms with Gasteiger partial charge in [0.25, 0.3) is 0 Å². The molecule has 0 spiro atoms. The Hall–Kier alpha value is -2.51. The zero-order valence-corrected chi connectivity index (χ0v) is 16.3. The number of ether oxygens (including phenoxy) is 2. The van der Waals surface area contributed by atoms with E-state index >= 15 is 0 Å². The standard InChI is InChI=1S/C22H26F2N2O3/c23-18-5-1-4-17(14-18)21(26-9-12-28-13-10-26)16-25-22(27)8-3-11-29-20-7-2-6-19(24)15-20/h1-2,4-7,14-15,21H,3,8-13,16H2,(H,25,27). The van der Waals surface area contributed by atoms with Gasteiger partial charge in [-0.2, -0.15) is 0 Å². The highest BCUT2D eigenvalue weighted by Crippen LogP contribution is 2.22. The molecule has 1 heterocycles. The van der Waals surface area contributed by atoms with Crippen molar-refractivity contribution in [2.75, 3.05) is 39.5 Å². The predicted molar refractivity (Wildman–Crippen MR) is 106 cm³/mol. The third-order valence-electron chi connectivity index (χ3n) is 4.83. The minimum absolute atomic E-state index is 0.0949. The molecular formula is C22H26F2N2O3. The summed E-state index contributed by atoms with van der Waals surface area (Å²) in [6.07, 6.45) is 0.818. The van der Waals surface area contributed by atoms with Crippen molar-refractivity contribution < 1.29 is 23.0 Å². The van der Waals surface area contributed by atoms with Crippen molar-refractivity contribution in [1.82, 2.24) is 10.2 Å². The number of halogens is 2. The van der Waals surface area contributed by atoms with E-state index in [1.54, 1.807) is 18.2 Å². The molecule has 1 saturated heterocycles. The largest absolute Gasteiger partial charge is 0.493 e. The number of hydrogen-bond acceptors (Lipinski definition) is 4. The molecule has 0 saturated carbocycles. The molecule has 7 heteroatoms. The summed E-state index contributed by atoms with van der Waals surface area (Å²) >= 11 is 0. The molecule has 1 aliphatic heterocycles. The first-order chi connectivity index (χ1) is 14.1. The number of amides is 1. The van der Waals surface area contributed by atoms with Gasteiger partial charge in [0.2, 0.25) is 5.91 Å². The maximum atomic E-state index is 13.7. The van der Waals surface area contributed by atoms with Crippen molar-refractivity contribution in [3.63, 3.8) is 0 Å². The highest BCUT2D eigenvalue weighted by Gasteiger charge is 2.23. The van der Waals surface area contributed by atoms with Crippen molar-refractivity contribution in [2.45, 2.75) is 18.9 Å². The van der Waals surface area contributed by atoms with Gasteiger partial charge in [-0.25, -0.2) is 8.78 Å². The third-order valence-corrected chi connectivity index (χ3v) is 4.83. The van der Waals surface area contributed by atoms with Crippen LogP contribution in [-0.4, -0.2) is 50.3 Å². The van der Waals surface area contributed by atoms with Crippen LogP contribution in [0.3, 0.4) is 0 Å². The zero-order chi connectivity index (χ0) is 20.5. The maximum absolute atomic E-state index is 13.7. The average Bonchev–Trinajstić information content (AvgIpc) is 2.72. The number of carbonyl (C=O) groups is 1. The van der Waals surface area contributed by atoms with Crippen LogP contribution in [0.2, 0.25) is 0 Å². The molecule has 5 nitrogen and oxygen atoms in total. The highest BCUT2D eigenvalue weighted by atomic mass is 19.1. The summed E-state index contributed by atoms with van der Waals surface area (Å²) in [7, 11) is 0. The van der Waals surface area contributed by atoms with Gasteiger partial charge in [0.1, 0.15) is 17.4 Å². The first kappa shape index (κ1) is 21.2. The molecule has 0 radical (unpaired) electrons. The lowest BCUT2D eigenvalue weighted by atomic mass is 10.0. The molecule has 2 aromatic rings. The second-order valence-corrected chi connectivity index (χ2v) is 6.93. The summed E-state index contributed by atoms with van der Waals surface area (Å²) in [6, 6.07) is 12.3. The van der Waals surface area contributed by atoms with Gasteiger partial charge >= 0.3 is 0 Å². The van der Waals surface area contributed by atoms with Crippen LogP contribution < -0.4 is 10.1 Å². The Morgan fingerprint density at radius 1 is 1.10 bits per heavy atom. The molecule has 1 amide bonds. The van der Waals surface area contributed by atoms with Gasteiger partial charge in [-0.3, -0.25) is 9.69 Å². The monoisotopic (exact) mass is 404 g/mol. The van der Waals surface area contributed by atoms with Gasteiger partial charge in [-0.15, -0.1) is 0 Å². The van der Waals surface area contributed by atoms with E-state index in [9.17, 15) is 13.6 Å². The Morgan fingerprint density at radius 2 is 1.83 bits per heavy atom. The SMILES string of the molecule is O=C(CCCOc1cccc(F)c1)NCC(c1cccc(F)c1)N1CCOCC1. The molecule has 1 unspecified atom stereocenters. The van der Waals surface area contributed by atoms with Crippen LogP contribution >= 0.6 is 0 Å². The van der Waals surface area contributed by atoms with Crippen molar-refractivity contribution in [3.05, 3.63) is 65.7 Å². The molecule has 1 fully saturated rings. The van der Waals surface area contributed by atoms with Gasteiger partial charge in [0.05, 0.1) is 25.9 Å². The van der Waals surface area contributed by atoms with Crippen molar-refractivity contribution in [2.24, 2.45) is 0 Å². The summed E-state index contributed by atoms with van der Waals surface area (Å²) in [5.41, 5.74) is 0.835. The van der Waals surface area contributed by atoms with Crippen LogP contribution in [0.5, 0.6) is 5.75 Å². The minimum Gasteiger partial charge on any atom is -0.493 e. The number of morpholine rings is 1. The summed E-state index contributed by atoms with van der Waals surface area (Å²) in [6.45, 7) is 3.44. The highest BCUT2D eigenvalue weighted by molar-refractivity contribution is 5.75. The fourth-order valence-electron chi connectivity index (χ4n) is 3.34. The molecule has 1 aliphatic rings. The maximum Gasteiger partial charge on any atom is 0.220 e. The topological polar surface area (TPSA) is 50.8 Å². The lowest BCUT2D eigenvalue weighted by Crippen LogP contribution is -2.43. The molecule has 1 N–H and O–H groups in total. The zero-order valence-electron chi connectivity index (χ0n) is 16.3. The van der Waals surface area contributed by atoms with E-state index in [2.05, 4.69) is 10.2 Å². The fraction of sp³-hybridized carbons (Fsp3) is 0.409. The van der Waals surface area contributed by atoms with Gasteiger partial charge in [-0.1, -0.05) is 18.2 Å². The average molecular weight is 404 g/mol. The molecule has 156 valence electrons. The Labute approximate surface area is 169 Å². The van der Waals surface area contributed by atoms with Gasteiger partial charge in [-0.05, 0) is 36.2 Å². The van der Waals surface area contributed by atoms with Crippen LogP contribution in [0, 0.1) is 11.6 Å². The molecule has 3 rings (SSSR count).